The standard InChI is InChI=1S/C9H10N2OS/c1-11(9(12)4-5-10)7-8-3-2-6-13-8/h2-3,6H,4,7H2,1H3. The zero-order valence-corrected chi connectivity index (χ0v) is 8.17. The molecule has 0 bridgehead atoms. The average Bonchev–Trinajstić information content (AvgIpc) is 2.57. The van der Waals surface area contributed by atoms with Crippen molar-refractivity contribution >= 4 is 17.2 Å². The molecule has 0 aliphatic rings. The molecule has 0 aliphatic carbocycles. The maximum absolute atomic E-state index is 11.2. The van der Waals surface area contributed by atoms with Gasteiger partial charge < -0.3 is 4.90 Å². The molecule has 0 radical (unpaired) electrons. The summed E-state index contributed by atoms with van der Waals surface area (Å²) in [7, 11) is 1.71. The molecule has 1 aromatic heterocycles. The van der Waals surface area contributed by atoms with Crippen molar-refractivity contribution in [2.75, 3.05) is 7.05 Å². The van der Waals surface area contributed by atoms with Crippen LogP contribution in [0.5, 0.6) is 0 Å². The van der Waals surface area contributed by atoms with Gasteiger partial charge in [-0.05, 0) is 11.4 Å². The summed E-state index contributed by atoms with van der Waals surface area (Å²) in [6, 6.07) is 5.76. The lowest BCUT2D eigenvalue weighted by Crippen LogP contribution is -2.24. The minimum absolute atomic E-state index is 0.0398. The first-order chi connectivity index (χ1) is 6.24. The van der Waals surface area contributed by atoms with Crippen LogP contribution in [0, 0.1) is 11.3 Å². The molecule has 0 spiro atoms. The third-order valence-electron chi connectivity index (χ3n) is 1.63. The summed E-state index contributed by atoms with van der Waals surface area (Å²) in [6.07, 6.45) is -0.0398. The first-order valence-electron chi connectivity index (χ1n) is 3.87. The van der Waals surface area contributed by atoms with Crippen molar-refractivity contribution in [2.24, 2.45) is 0 Å². The molecule has 1 rings (SSSR count). The van der Waals surface area contributed by atoms with E-state index in [2.05, 4.69) is 0 Å². The molecule has 1 aromatic rings. The first kappa shape index (κ1) is 9.75. The van der Waals surface area contributed by atoms with Crippen LogP contribution in [-0.4, -0.2) is 17.9 Å². The van der Waals surface area contributed by atoms with Crippen molar-refractivity contribution in [1.82, 2.24) is 4.90 Å². The van der Waals surface area contributed by atoms with Gasteiger partial charge in [0.2, 0.25) is 5.91 Å². The second-order valence-electron chi connectivity index (χ2n) is 2.66. The quantitative estimate of drug-likeness (QED) is 0.734. The van der Waals surface area contributed by atoms with Crippen LogP contribution in [0.2, 0.25) is 0 Å². The smallest absolute Gasteiger partial charge is 0.236 e. The molecule has 0 saturated carbocycles. The molecular weight excluding hydrogens is 184 g/mol. The Bertz CT molecular complexity index is 313. The molecule has 13 heavy (non-hydrogen) atoms. The monoisotopic (exact) mass is 194 g/mol. The van der Waals surface area contributed by atoms with Crippen LogP contribution in [0.25, 0.3) is 0 Å². The van der Waals surface area contributed by atoms with Gasteiger partial charge in [-0.3, -0.25) is 4.79 Å². The fraction of sp³-hybridized carbons (Fsp3) is 0.333. The summed E-state index contributed by atoms with van der Waals surface area (Å²) in [6.45, 7) is 0.595. The van der Waals surface area contributed by atoms with Gasteiger partial charge in [0.15, 0.2) is 0 Å². The molecule has 4 heteroatoms. The number of carbonyl (C=O) groups is 1. The second kappa shape index (κ2) is 4.63. The van der Waals surface area contributed by atoms with Gasteiger partial charge in [-0.2, -0.15) is 5.26 Å². The number of hydrogen-bond acceptors (Lipinski definition) is 3. The van der Waals surface area contributed by atoms with Crippen molar-refractivity contribution in [3.63, 3.8) is 0 Å². The normalized spacial score (nSPS) is 9.23. The predicted octanol–water partition coefficient (Wildman–Crippen LogP) is 1.62. The molecule has 1 amide bonds. The van der Waals surface area contributed by atoms with Crippen LogP contribution < -0.4 is 0 Å². The van der Waals surface area contributed by atoms with E-state index >= 15 is 0 Å². The Balaban J connectivity index is 2.47. The van der Waals surface area contributed by atoms with Gasteiger partial charge in [-0.15, -0.1) is 11.3 Å². The highest BCUT2D eigenvalue weighted by atomic mass is 32.1. The van der Waals surface area contributed by atoms with Gasteiger partial charge in [-0.25, -0.2) is 0 Å². The first-order valence-corrected chi connectivity index (χ1v) is 4.75. The highest BCUT2D eigenvalue weighted by Crippen LogP contribution is 2.10. The minimum atomic E-state index is -0.129. The summed E-state index contributed by atoms with van der Waals surface area (Å²) in [5.41, 5.74) is 0. The Morgan fingerprint density at radius 2 is 2.54 bits per heavy atom. The molecule has 0 fully saturated rings. The van der Waals surface area contributed by atoms with Crippen molar-refractivity contribution in [2.45, 2.75) is 13.0 Å². The van der Waals surface area contributed by atoms with Gasteiger partial charge in [0.05, 0.1) is 12.6 Å². The Hall–Kier alpha value is -1.34. The van der Waals surface area contributed by atoms with E-state index in [-0.39, 0.29) is 12.3 Å². The van der Waals surface area contributed by atoms with Gasteiger partial charge in [0.25, 0.3) is 0 Å². The summed E-state index contributed by atoms with van der Waals surface area (Å²) in [5.74, 6) is -0.129. The summed E-state index contributed by atoms with van der Waals surface area (Å²) in [4.78, 5) is 13.9. The van der Waals surface area contributed by atoms with E-state index in [4.69, 9.17) is 5.26 Å². The van der Waals surface area contributed by atoms with Crippen LogP contribution in [0.15, 0.2) is 17.5 Å². The zero-order chi connectivity index (χ0) is 9.68. The summed E-state index contributed by atoms with van der Waals surface area (Å²) in [5, 5.41) is 10.3. The number of carbonyl (C=O) groups excluding carboxylic acids is 1. The van der Waals surface area contributed by atoms with Crippen molar-refractivity contribution < 1.29 is 4.79 Å². The molecule has 68 valence electrons. The number of rotatable bonds is 3. The van der Waals surface area contributed by atoms with Crippen LogP contribution in [0.1, 0.15) is 11.3 Å². The molecule has 1 heterocycles. The molecule has 0 aliphatic heterocycles. The van der Waals surface area contributed by atoms with Gasteiger partial charge in [0.1, 0.15) is 6.42 Å². The number of hydrogen-bond donors (Lipinski definition) is 0. The molecule has 0 N–H and O–H groups in total. The van der Waals surface area contributed by atoms with Crippen LogP contribution in [0.3, 0.4) is 0 Å². The van der Waals surface area contributed by atoms with Crippen molar-refractivity contribution in [3.8, 4) is 6.07 Å². The van der Waals surface area contributed by atoms with Crippen LogP contribution >= 0.6 is 11.3 Å². The largest absolute Gasteiger partial charge is 0.340 e. The minimum Gasteiger partial charge on any atom is -0.340 e. The lowest BCUT2D eigenvalue weighted by atomic mass is 10.3. The van der Waals surface area contributed by atoms with Crippen molar-refractivity contribution in [3.05, 3.63) is 22.4 Å². The summed E-state index contributed by atoms with van der Waals surface area (Å²) >= 11 is 1.61. The third kappa shape index (κ3) is 2.88. The van der Waals surface area contributed by atoms with E-state index in [0.29, 0.717) is 6.54 Å². The van der Waals surface area contributed by atoms with E-state index in [0.717, 1.165) is 4.88 Å². The van der Waals surface area contributed by atoms with Gasteiger partial charge >= 0.3 is 0 Å². The highest BCUT2D eigenvalue weighted by molar-refractivity contribution is 7.09. The maximum atomic E-state index is 11.2. The van der Waals surface area contributed by atoms with E-state index in [1.54, 1.807) is 23.3 Å². The Kier molecular flexibility index (Phi) is 3.47. The fourth-order valence-corrected chi connectivity index (χ4v) is 1.68. The Labute approximate surface area is 81.2 Å². The van der Waals surface area contributed by atoms with Gasteiger partial charge in [-0.1, -0.05) is 6.07 Å². The molecule has 0 atom stereocenters. The lowest BCUT2D eigenvalue weighted by molar-refractivity contribution is -0.129. The van der Waals surface area contributed by atoms with Crippen LogP contribution in [0.4, 0.5) is 0 Å². The van der Waals surface area contributed by atoms with Gasteiger partial charge in [0, 0.05) is 11.9 Å². The number of thiophene rings is 1. The van der Waals surface area contributed by atoms with Crippen molar-refractivity contribution in [1.29, 1.82) is 5.26 Å². The molecular formula is C9H10N2OS. The predicted molar refractivity (Wildman–Crippen MR) is 51.0 cm³/mol. The molecule has 0 unspecified atom stereocenters. The lowest BCUT2D eigenvalue weighted by Gasteiger charge is -2.13. The number of nitrogens with zero attached hydrogens (tertiary/aromatic N) is 2. The van der Waals surface area contributed by atoms with E-state index in [1.165, 1.54) is 0 Å². The zero-order valence-electron chi connectivity index (χ0n) is 7.36. The molecule has 3 nitrogen and oxygen atoms in total. The summed E-state index contributed by atoms with van der Waals surface area (Å²) < 4.78 is 0. The van der Waals surface area contributed by atoms with E-state index in [1.807, 2.05) is 23.6 Å². The highest BCUT2D eigenvalue weighted by Gasteiger charge is 2.08. The SMILES string of the molecule is CN(Cc1cccs1)C(=O)CC#N. The third-order valence-corrected chi connectivity index (χ3v) is 2.49. The molecule has 0 aromatic carbocycles. The second-order valence-corrected chi connectivity index (χ2v) is 3.70. The molecule has 0 saturated heterocycles. The maximum Gasteiger partial charge on any atom is 0.236 e. The number of amides is 1. The Morgan fingerprint density at radius 1 is 1.77 bits per heavy atom. The van der Waals surface area contributed by atoms with Crippen LogP contribution in [-0.2, 0) is 11.3 Å². The average molecular weight is 194 g/mol. The number of nitriles is 1. The van der Waals surface area contributed by atoms with E-state index < -0.39 is 0 Å². The topological polar surface area (TPSA) is 44.1 Å². The van der Waals surface area contributed by atoms with E-state index in [9.17, 15) is 4.79 Å². The fourth-order valence-electron chi connectivity index (χ4n) is 0.927. The Morgan fingerprint density at radius 3 is 3.08 bits per heavy atom.